The standard InChI is InChI=1S/C22H17FN4O/c1-15-18(14-25-26-20-7-2-4-12-24-20)19-6-3-5-13-27(19)21(15)22(28)16-8-10-17(23)11-9-16/h2-14H,1H3,(H,24,26)/b25-14+. The van der Waals surface area contributed by atoms with Crippen molar-refractivity contribution in [2.45, 2.75) is 6.92 Å². The summed E-state index contributed by atoms with van der Waals surface area (Å²) in [4.78, 5) is 17.2. The van der Waals surface area contributed by atoms with Crippen LogP contribution in [0.3, 0.4) is 0 Å². The molecule has 4 aromatic rings. The quantitative estimate of drug-likeness (QED) is 0.320. The molecule has 0 aliphatic carbocycles. The third-order valence-corrected chi connectivity index (χ3v) is 4.50. The molecule has 4 rings (SSSR count). The van der Waals surface area contributed by atoms with Crippen LogP contribution in [0.5, 0.6) is 0 Å². The van der Waals surface area contributed by atoms with Crippen LogP contribution in [0.25, 0.3) is 5.52 Å². The number of anilines is 1. The molecule has 0 aliphatic heterocycles. The molecule has 0 radical (unpaired) electrons. The van der Waals surface area contributed by atoms with Gasteiger partial charge in [-0.2, -0.15) is 5.10 Å². The number of hydrazone groups is 1. The van der Waals surface area contributed by atoms with E-state index in [-0.39, 0.29) is 11.6 Å². The van der Waals surface area contributed by atoms with Gasteiger partial charge in [0.2, 0.25) is 5.78 Å². The van der Waals surface area contributed by atoms with Crippen LogP contribution in [0.4, 0.5) is 10.2 Å². The lowest BCUT2D eigenvalue weighted by Gasteiger charge is -2.04. The molecule has 0 atom stereocenters. The number of nitrogens with zero attached hydrogens (tertiary/aromatic N) is 3. The summed E-state index contributed by atoms with van der Waals surface area (Å²) in [6.45, 7) is 1.88. The molecule has 0 saturated heterocycles. The Kier molecular flexibility index (Phi) is 4.68. The number of carbonyl (C=O) groups is 1. The Hall–Kier alpha value is -3.80. The molecule has 0 bridgehead atoms. The van der Waals surface area contributed by atoms with E-state index in [1.807, 2.05) is 53.9 Å². The fourth-order valence-electron chi connectivity index (χ4n) is 3.13. The van der Waals surface area contributed by atoms with Crippen LogP contribution >= 0.6 is 0 Å². The highest BCUT2D eigenvalue weighted by molar-refractivity contribution is 6.11. The van der Waals surface area contributed by atoms with Crippen molar-refractivity contribution < 1.29 is 9.18 Å². The van der Waals surface area contributed by atoms with Crippen LogP contribution < -0.4 is 5.43 Å². The second-order valence-electron chi connectivity index (χ2n) is 6.26. The smallest absolute Gasteiger partial charge is 0.210 e. The fourth-order valence-corrected chi connectivity index (χ4v) is 3.13. The predicted molar refractivity (Wildman–Crippen MR) is 107 cm³/mol. The Bertz CT molecular complexity index is 1160. The number of hydrogen-bond donors (Lipinski definition) is 1. The van der Waals surface area contributed by atoms with E-state index in [1.165, 1.54) is 24.3 Å². The lowest BCUT2D eigenvalue weighted by Crippen LogP contribution is -2.07. The van der Waals surface area contributed by atoms with Gasteiger partial charge in [0.1, 0.15) is 11.6 Å². The topological polar surface area (TPSA) is 58.8 Å². The van der Waals surface area contributed by atoms with Crippen molar-refractivity contribution in [1.29, 1.82) is 0 Å². The molecule has 0 fully saturated rings. The maximum Gasteiger partial charge on any atom is 0.210 e. The van der Waals surface area contributed by atoms with Gasteiger partial charge in [-0.05, 0) is 61.0 Å². The first kappa shape index (κ1) is 17.6. The highest BCUT2D eigenvalue weighted by Crippen LogP contribution is 2.24. The van der Waals surface area contributed by atoms with Crippen molar-refractivity contribution in [2.75, 3.05) is 5.43 Å². The van der Waals surface area contributed by atoms with Gasteiger partial charge in [0, 0.05) is 23.5 Å². The van der Waals surface area contributed by atoms with E-state index in [0.29, 0.717) is 17.1 Å². The predicted octanol–water partition coefficient (Wildman–Crippen LogP) is 4.46. The number of carbonyl (C=O) groups excluding carboxylic acids is 1. The summed E-state index contributed by atoms with van der Waals surface area (Å²) in [5.41, 5.74) is 6.33. The summed E-state index contributed by atoms with van der Waals surface area (Å²) < 4.78 is 15.1. The van der Waals surface area contributed by atoms with E-state index in [2.05, 4.69) is 15.5 Å². The minimum atomic E-state index is -0.373. The first-order chi connectivity index (χ1) is 13.6. The minimum Gasteiger partial charge on any atom is -0.313 e. The van der Waals surface area contributed by atoms with Gasteiger partial charge in [0.25, 0.3) is 0 Å². The van der Waals surface area contributed by atoms with Crippen molar-refractivity contribution in [2.24, 2.45) is 5.10 Å². The summed E-state index contributed by atoms with van der Waals surface area (Å²) in [5, 5.41) is 4.27. The van der Waals surface area contributed by atoms with Gasteiger partial charge in [-0.3, -0.25) is 10.2 Å². The zero-order chi connectivity index (χ0) is 19.5. The maximum absolute atomic E-state index is 13.2. The number of nitrogens with one attached hydrogen (secondary N) is 1. The normalized spacial score (nSPS) is 11.2. The van der Waals surface area contributed by atoms with Crippen molar-refractivity contribution >= 4 is 23.3 Å². The molecule has 0 aliphatic rings. The minimum absolute atomic E-state index is 0.170. The van der Waals surface area contributed by atoms with Gasteiger partial charge in [0.05, 0.1) is 17.4 Å². The van der Waals surface area contributed by atoms with Gasteiger partial charge < -0.3 is 4.40 Å². The van der Waals surface area contributed by atoms with Gasteiger partial charge in [0.15, 0.2) is 0 Å². The average Bonchev–Trinajstić information content (AvgIpc) is 3.00. The Labute approximate surface area is 161 Å². The molecule has 0 spiro atoms. The SMILES string of the molecule is Cc1c(/C=N/Nc2ccccn2)c2ccccn2c1C(=O)c1ccc(F)cc1. The van der Waals surface area contributed by atoms with Crippen molar-refractivity contribution in [3.05, 3.63) is 101 Å². The number of fused-ring (bicyclic) bond motifs is 1. The second kappa shape index (κ2) is 7.44. The average molecular weight is 372 g/mol. The van der Waals surface area contributed by atoms with Crippen molar-refractivity contribution in [3.8, 4) is 0 Å². The fraction of sp³-hybridized carbons (Fsp3) is 0.0455. The Morgan fingerprint density at radius 1 is 1.11 bits per heavy atom. The molecule has 5 nitrogen and oxygen atoms in total. The van der Waals surface area contributed by atoms with Crippen LogP contribution in [-0.4, -0.2) is 21.4 Å². The van der Waals surface area contributed by atoms with Crippen molar-refractivity contribution in [3.63, 3.8) is 0 Å². The molecular formula is C22H17FN4O. The Morgan fingerprint density at radius 2 is 1.89 bits per heavy atom. The molecule has 3 aromatic heterocycles. The van der Waals surface area contributed by atoms with Crippen LogP contribution in [0.2, 0.25) is 0 Å². The van der Waals surface area contributed by atoms with E-state index < -0.39 is 0 Å². The first-order valence-corrected chi connectivity index (χ1v) is 8.75. The van der Waals surface area contributed by atoms with E-state index in [0.717, 1.165) is 16.6 Å². The number of pyridine rings is 2. The molecular weight excluding hydrogens is 355 g/mol. The largest absolute Gasteiger partial charge is 0.313 e. The Balaban J connectivity index is 1.75. The molecule has 0 unspecified atom stereocenters. The van der Waals surface area contributed by atoms with Gasteiger partial charge in [-0.15, -0.1) is 0 Å². The first-order valence-electron chi connectivity index (χ1n) is 8.75. The third kappa shape index (κ3) is 3.27. The summed E-state index contributed by atoms with van der Waals surface area (Å²) >= 11 is 0. The van der Waals surface area contributed by atoms with E-state index in [4.69, 9.17) is 0 Å². The van der Waals surface area contributed by atoms with Crippen LogP contribution in [0.15, 0.2) is 78.2 Å². The Morgan fingerprint density at radius 3 is 2.64 bits per heavy atom. The number of rotatable bonds is 5. The van der Waals surface area contributed by atoms with Crippen LogP contribution in [0, 0.1) is 12.7 Å². The molecule has 1 N–H and O–H groups in total. The van der Waals surface area contributed by atoms with Gasteiger partial charge in [-0.1, -0.05) is 12.1 Å². The summed E-state index contributed by atoms with van der Waals surface area (Å²) in [6.07, 6.45) is 5.19. The molecule has 0 saturated carbocycles. The lowest BCUT2D eigenvalue weighted by atomic mass is 10.0. The highest BCUT2D eigenvalue weighted by Gasteiger charge is 2.20. The zero-order valence-electron chi connectivity index (χ0n) is 15.1. The number of aromatic nitrogens is 2. The summed E-state index contributed by atoms with van der Waals surface area (Å²) in [7, 11) is 0. The van der Waals surface area contributed by atoms with Gasteiger partial charge in [-0.25, -0.2) is 9.37 Å². The van der Waals surface area contributed by atoms with Crippen LogP contribution in [-0.2, 0) is 0 Å². The summed E-state index contributed by atoms with van der Waals surface area (Å²) in [6, 6.07) is 16.8. The molecule has 28 heavy (non-hydrogen) atoms. The maximum atomic E-state index is 13.2. The number of hydrogen-bond acceptors (Lipinski definition) is 4. The summed E-state index contributed by atoms with van der Waals surface area (Å²) in [5.74, 6) is 0.0836. The molecule has 6 heteroatoms. The van der Waals surface area contributed by atoms with Gasteiger partial charge >= 0.3 is 0 Å². The third-order valence-electron chi connectivity index (χ3n) is 4.50. The van der Waals surface area contributed by atoms with E-state index >= 15 is 0 Å². The van der Waals surface area contributed by atoms with E-state index in [1.54, 1.807) is 12.4 Å². The van der Waals surface area contributed by atoms with Crippen molar-refractivity contribution in [1.82, 2.24) is 9.38 Å². The molecule has 138 valence electrons. The molecule has 1 aromatic carbocycles. The molecule has 3 heterocycles. The highest BCUT2D eigenvalue weighted by atomic mass is 19.1. The number of halogens is 1. The monoisotopic (exact) mass is 372 g/mol. The van der Waals surface area contributed by atoms with E-state index in [9.17, 15) is 9.18 Å². The number of ketones is 1. The molecule has 0 amide bonds. The number of benzene rings is 1. The lowest BCUT2D eigenvalue weighted by molar-refractivity contribution is 0.103. The second-order valence-corrected chi connectivity index (χ2v) is 6.26. The zero-order valence-corrected chi connectivity index (χ0v) is 15.1. The van der Waals surface area contributed by atoms with Crippen LogP contribution in [0.1, 0.15) is 27.2 Å².